The number of benzene rings is 1. The lowest BCUT2D eigenvalue weighted by Gasteiger charge is -2.25. The van der Waals surface area contributed by atoms with Gasteiger partial charge in [0.25, 0.3) is 0 Å². The van der Waals surface area contributed by atoms with Crippen LogP contribution in [0.25, 0.3) is 0 Å². The first-order chi connectivity index (χ1) is 12.0. The van der Waals surface area contributed by atoms with Crippen molar-refractivity contribution in [2.75, 3.05) is 33.3 Å². The smallest absolute Gasteiger partial charge is 0.307 e. The molecule has 1 atom stereocenters. The van der Waals surface area contributed by atoms with E-state index in [-0.39, 0.29) is 18.4 Å². The van der Waals surface area contributed by atoms with Gasteiger partial charge in [0.1, 0.15) is 5.75 Å². The van der Waals surface area contributed by atoms with E-state index in [0.717, 1.165) is 24.2 Å². The quantitative estimate of drug-likeness (QED) is 0.741. The number of hydrogen-bond donors (Lipinski definition) is 1. The Kier molecular flexibility index (Phi) is 7.25. The maximum Gasteiger partial charge on any atom is 0.307 e. The van der Waals surface area contributed by atoms with E-state index in [9.17, 15) is 9.59 Å². The molecule has 2 rings (SSSR count). The average molecular weight is 348 g/mol. The normalized spacial score (nSPS) is 17.4. The maximum atomic E-state index is 12.7. The first-order valence-electron chi connectivity index (χ1n) is 8.89. The number of unbranched alkanes of at least 4 members (excludes halogenated alkanes) is 1. The molecule has 1 unspecified atom stereocenters. The number of carboxylic acid groups (broad SMARTS) is 1. The summed E-state index contributed by atoms with van der Waals surface area (Å²) in [7, 11) is 1.63. The number of carbonyl (C=O) groups excluding carboxylic acids is 1. The van der Waals surface area contributed by atoms with E-state index in [1.54, 1.807) is 7.11 Å². The van der Waals surface area contributed by atoms with Crippen molar-refractivity contribution >= 4 is 11.9 Å². The summed E-state index contributed by atoms with van der Waals surface area (Å²) >= 11 is 0. The number of rotatable bonds is 9. The van der Waals surface area contributed by atoms with Crippen LogP contribution in [0.3, 0.4) is 0 Å². The highest BCUT2D eigenvalue weighted by Crippen LogP contribution is 2.18. The second-order valence-electron chi connectivity index (χ2n) is 6.58. The Labute approximate surface area is 149 Å². The number of methoxy groups -OCH3 is 1. The SMILES string of the molecule is CCCCN(Cc1cccc(OC)c1)C(=O)CN1CCC(C(=O)O)C1. The van der Waals surface area contributed by atoms with Gasteiger partial charge in [0.2, 0.25) is 5.91 Å². The fraction of sp³-hybridized carbons (Fsp3) is 0.579. The summed E-state index contributed by atoms with van der Waals surface area (Å²) in [5.41, 5.74) is 1.04. The van der Waals surface area contributed by atoms with Crippen LogP contribution in [-0.4, -0.2) is 60.1 Å². The van der Waals surface area contributed by atoms with E-state index < -0.39 is 5.97 Å². The van der Waals surface area contributed by atoms with Gasteiger partial charge in [0.05, 0.1) is 19.6 Å². The van der Waals surface area contributed by atoms with Crippen LogP contribution in [0.4, 0.5) is 0 Å². The van der Waals surface area contributed by atoms with E-state index in [1.165, 1.54) is 0 Å². The number of carbonyl (C=O) groups is 2. The van der Waals surface area contributed by atoms with Crippen molar-refractivity contribution in [2.45, 2.75) is 32.7 Å². The molecule has 1 aromatic carbocycles. The van der Waals surface area contributed by atoms with Gasteiger partial charge in [-0.1, -0.05) is 25.5 Å². The number of aliphatic carboxylic acids is 1. The number of hydrogen-bond acceptors (Lipinski definition) is 4. The standard InChI is InChI=1S/C19H28N2O4/c1-3-4-9-21(12-15-6-5-7-17(11-15)25-2)18(22)14-20-10-8-16(13-20)19(23)24/h5-7,11,16H,3-4,8-10,12-14H2,1-2H3,(H,23,24). The fourth-order valence-electron chi connectivity index (χ4n) is 3.10. The van der Waals surface area contributed by atoms with Crippen molar-refractivity contribution in [3.05, 3.63) is 29.8 Å². The van der Waals surface area contributed by atoms with Crippen LogP contribution >= 0.6 is 0 Å². The molecular formula is C19H28N2O4. The van der Waals surface area contributed by atoms with Gasteiger partial charge in [0, 0.05) is 19.6 Å². The van der Waals surface area contributed by atoms with Crippen molar-refractivity contribution in [1.29, 1.82) is 0 Å². The molecule has 0 radical (unpaired) electrons. The number of ether oxygens (including phenoxy) is 1. The van der Waals surface area contributed by atoms with E-state index in [4.69, 9.17) is 9.84 Å². The third-order valence-corrected chi connectivity index (χ3v) is 4.62. The predicted molar refractivity (Wildman–Crippen MR) is 95.5 cm³/mol. The molecule has 6 nitrogen and oxygen atoms in total. The second-order valence-corrected chi connectivity index (χ2v) is 6.58. The van der Waals surface area contributed by atoms with Gasteiger partial charge in [0.15, 0.2) is 0 Å². The van der Waals surface area contributed by atoms with Gasteiger partial charge in [-0.25, -0.2) is 0 Å². The highest BCUT2D eigenvalue weighted by Gasteiger charge is 2.29. The topological polar surface area (TPSA) is 70.1 Å². The van der Waals surface area contributed by atoms with Crippen molar-refractivity contribution in [2.24, 2.45) is 5.92 Å². The molecule has 1 fully saturated rings. The molecule has 1 N–H and O–H groups in total. The summed E-state index contributed by atoms with van der Waals surface area (Å²) < 4.78 is 5.25. The van der Waals surface area contributed by atoms with Gasteiger partial charge in [-0.05, 0) is 37.1 Å². The molecule has 1 saturated heterocycles. The second kappa shape index (κ2) is 9.42. The summed E-state index contributed by atoms with van der Waals surface area (Å²) in [6.07, 6.45) is 2.59. The molecule has 0 aliphatic carbocycles. The molecule has 25 heavy (non-hydrogen) atoms. The Morgan fingerprint density at radius 2 is 2.20 bits per heavy atom. The molecule has 0 spiro atoms. The molecule has 138 valence electrons. The molecular weight excluding hydrogens is 320 g/mol. The van der Waals surface area contributed by atoms with Crippen LogP contribution in [0.15, 0.2) is 24.3 Å². The van der Waals surface area contributed by atoms with Gasteiger partial charge >= 0.3 is 5.97 Å². The van der Waals surface area contributed by atoms with Crippen molar-refractivity contribution < 1.29 is 19.4 Å². The van der Waals surface area contributed by atoms with Gasteiger partial charge in [-0.15, -0.1) is 0 Å². The minimum atomic E-state index is -0.769. The zero-order valence-corrected chi connectivity index (χ0v) is 15.1. The summed E-state index contributed by atoms with van der Waals surface area (Å²) in [5.74, 6) is -0.281. The molecule has 6 heteroatoms. The zero-order valence-electron chi connectivity index (χ0n) is 15.1. The number of amides is 1. The average Bonchev–Trinajstić information content (AvgIpc) is 3.07. The minimum absolute atomic E-state index is 0.0577. The van der Waals surface area contributed by atoms with Crippen molar-refractivity contribution in [1.82, 2.24) is 9.80 Å². The van der Waals surface area contributed by atoms with Crippen LogP contribution in [0.1, 0.15) is 31.7 Å². The lowest BCUT2D eigenvalue weighted by Crippen LogP contribution is -2.40. The van der Waals surface area contributed by atoms with Crippen LogP contribution in [0.2, 0.25) is 0 Å². The summed E-state index contributed by atoms with van der Waals surface area (Å²) in [6.45, 7) is 4.78. The first kappa shape index (κ1) is 19.2. The Bertz CT molecular complexity index is 591. The third-order valence-electron chi connectivity index (χ3n) is 4.62. The van der Waals surface area contributed by atoms with Gasteiger partial charge in [-0.2, -0.15) is 0 Å². The van der Waals surface area contributed by atoms with E-state index in [0.29, 0.717) is 32.6 Å². The number of nitrogens with zero attached hydrogens (tertiary/aromatic N) is 2. The van der Waals surface area contributed by atoms with E-state index in [2.05, 4.69) is 6.92 Å². The maximum absolute atomic E-state index is 12.7. The molecule has 1 aliphatic rings. The summed E-state index contributed by atoms with van der Waals surface area (Å²) in [4.78, 5) is 27.6. The van der Waals surface area contributed by atoms with Crippen LogP contribution < -0.4 is 4.74 Å². The predicted octanol–water partition coefficient (Wildman–Crippen LogP) is 2.23. The molecule has 1 heterocycles. The molecule has 0 saturated carbocycles. The van der Waals surface area contributed by atoms with Crippen LogP contribution in [-0.2, 0) is 16.1 Å². The zero-order chi connectivity index (χ0) is 18.2. The first-order valence-corrected chi connectivity index (χ1v) is 8.89. The largest absolute Gasteiger partial charge is 0.497 e. The molecule has 0 aromatic heterocycles. The highest BCUT2D eigenvalue weighted by atomic mass is 16.5. The lowest BCUT2D eigenvalue weighted by molar-refractivity contribution is -0.141. The van der Waals surface area contributed by atoms with Crippen molar-refractivity contribution in [3.8, 4) is 5.75 Å². The van der Waals surface area contributed by atoms with Crippen LogP contribution in [0.5, 0.6) is 5.75 Å². The molecule has 1 amide bonds. The summed E-state index contributed by atoms with van der Waals surface area (Å²) in [5, 5.41) is 9.10. The Hall–Kier alpha value is -2.08. The minimum Gasteiger partial charge on any atom is -0.497 e. The van der Waals surface area contributed by atoms with Gasteiger partial charge in [-0.3, -0.25) is 14.5 Å². The Balaban J connectivity index is 1.98. The number of likely N-dealkylation sites (tertiary alicyclic amines) is 1. The third kappa shape index (κ3) is 5.74. The van der Waals surface area contributed by atoms with Gasteiger partial charge < -0.3 is 14.7 Å². The van der Waals surface area contributed by atoms with E-state index in [1.807, 2.05) is 34.1 Å². The van der Waals surface area contributed by atoms with E-state index >= 15 is 0 Å². The Morgan fingerprint density at radius 3 is 2.84 bits per heavy atom. The lowest BCUT2D eigenvalue weighted by atomic mass is 10.1. The van der Waals surface area contributed by atoms with Crippen molar-refractivity contribution in [3.63, 3.8) is 0 Å². The van der Waals surface area contributed by atoms with Crippen LogP contribution in [0, 0.1) is 5.92 Å². The molecule has 0 bridgehead atoms. The molecule has 1 aromatic rings. The Morgan fingerprint density at radius 1 is 1.40 bits per heavy atom. The highest BCUT2D eigenvalue weighted by molar-refractivity contribution is 5.78. The molecule has 1 aliphatic heterocycles. The monoisotopic (exact) mass is 348 g/mol. The number of carboxylic acids is 1. The fourth-order valence-corrected chi connectivity index (χ4v) is 3.10. The summed E-state index contributed by atoms with van der Waals surface area (Å²) in [6, 6.07) is 7.75.